The Morgan fingerprint density at radius 3 is 2.58 bits per heavy atom. The minimum atomic E-state index is -0.907. The quantitative estimate of drug-likeness (QED) is 0.170. The largest absolute Gasteiger partial charge is 0.493 e. The molecular formula is C32H32ClFN3O5P. The Kier molecular flexibility index (Phi) is 10.3. The van der Waals surface area contributed by atoms with Gasteiger partial charge in [-0.05, 0) is 86.0 Å². The Bertz CT molecular complexity index is 1620. The summed E-state index contributed by atoms with van der Waals surface area (Å²) in [4.78, 5) is 24.6. The van der Waals surface area contributed by atoms with E-state index >= 15 is 4.39 Å². The molecular weight excluding hydrogens is 592 g/mol. The van der Waals surface area contributed by atoms with Crippen molar-refractivity contribution in [2.75, 3.05) is 38.7 Å². The lowest BCUT2D eigenvalue weighted by Gasteiger charge is -2.23. The normalized spacial score (nSPS) is 13.6. The minimum Gasteiger partial charge on any atom is -0.493 e. The fourth-order valence-electron chi connectivity index (χ4n) is 4.81. The van der Waals surface area contributed by atoms with Crippen molar-refractivity contribution in [3.8, 4) is 23.0 Å². The molecule has 2 amide bonds. The second kappa shape index (κ2) is 14.5. The van der Waals surface area contributed by atoms with Crippen molar-refractivity contribution in [1.82, 2.24) is 10.6 Å². The summed E-state index contributed by atoms with van der Waals surface area (Å²) in [5.74, 6) is 1.63. The summed E-state index contributed by atoms with van der Waals surface area (Å²) in [6, 6.07) is 16.8. The number of ether oxygens (including phenoxy) is 3. The zero-order chi connectivity index (χ0) is 30.2. The van der Waals surface area contributed by atoms with Crippen molar-refractivity contribution < 1.29 is 28.2 Å². The fraction of sp³-hybridized carbons (Fsp3) is 0.281. The Labute approximate surface area is 256 Å². The maximum atomic E-state index is 15.1. The molecule has 1 aromatic heterocycles. The Balaban J connectivity index is 1.22. The number of carbonyl (C=O) groups is 2. The van der Waals surface area contributed by atoms with Gasteiger partial charge in [0.25, 0.3) is 0 Å². The van der Waals surface area contributed by atoms with E-state index in [0.717, 1.165) is 56.3 Å². The number of nitrogens with one attached hydrogen (secondary N) is 3. The highest BCUT2D eigenvalue weighted by atomic mass is 35.5. The number of methoxy groups -OCH3 is 1. The molecule has 43 heavy (non-hydrogen) atoms. The monoisotopic (exact) mass is 623 g/mol. The molecule has 8 nitrogen and oxygen atoms in total. The average Bonchev–Trinajstić information content (AvgIpc) is 3.02. The van der Waals surface area contributed by atoms with E-state index in [4.69, 9.17) is 25.8 Å². The van der Waals surface area contributed by atoms with Crippen LogP contribution < -0.4 is 30.2 Å². The lowest BCUT2D eigenvalue weighted by molar-refractivity contribution is -0.136. The number of halogens is 2. The van der Waals surface area contributed by atoms with Crippen molar-refractivity contribution in [3.63, 3.8) is 0 Å². The summed E-state index contributed by atoms with van der Waals surface area (Å²) >= 11 is 6.12. The maximum absolute atomic E-state index is 15.1. The lowest BCUT2D eigenvalue weighted by Crippen LogP contribution is -2.36. The predicted octanol–water partition coefficient (Wildman–Crippen LogP) is 6.69. The van der Waals surface area contributed by atoms with Crippen LogP contribution in [0.25, 0.3) is 10.5 Å². The molecule has 1 saturated heterocycles. The van der Waals surface area contributed by atoms with E-state index in [1.807, 2.05) is 36.1 Å². The second-order valence-corrected chi connectivity index (χ2v) is 11.6. The number of hydrogen-bond acceptors (Lipinski definition) is 6. The number of benzene rings is 3. The fourth-order valence-corrected chi connectivity index (χ4v) is 5.91. The van der Waals surface area contributed by atoms with Crippen molar-refractivity contribution in [3.05, 3.63) is 82.9 Å². The van der Waals surface area contributed by atoms with Crippen LogP contribution in [-0.2, 0) is 16.0 Å². The van der Waals surface area contributed by atoms with Crippen molar-refractivity contribution >= 4 is 47.8 Å². The Hall–Kier alpha value is -3.91. The molecule has 1 fully saturated rings. The van der Waals surface area contributed by atoms with Gasteiger partial charge in [-0.15, -0.1) is 0 Å². The van der Waals surface area contributed by atoms with Gasteiger partial charge in [0, 0.05) is 33.8 Å². The zero-order valence-corrected chi connectivity index (χ0v) is 25.3. The van der Waals surface area contributed by atoms with Gasteiger partial charge in [-0.1, -0.05) is 38.0 Å². The highest BCUT2D eigenvalue weighted by molar-refractivity contribution is 7.36. The van der Waals surface area contributed by atoms with E-state index in [0.29, 0.717) is 41.2 Å². The van der Waals surface area contributed by atoms with Gasteiger partial charge in [-0.3, -0.25) is 9.59 Å². The van der Waals surface area contributed by atoms with Crippen LogP contribution in [0.2, 0.25) is 5.02 Å². The molecule has 1 aliphatic heterocycles. The molecule has 0 saturated carbocycles. The summed E-state index contributed by atoms with van der Waals surface area (Å²) in [7, 11) is 2.53. The molecule has 0 bridgehead atoms. The average molecular weight is 624 g/mol. The number of amides is 2. The Morgan fingerprint density at radius 1 is 1.00 bits per heavy atom. The number of rotatable bonds is 10. The summed E-state index contributed by atoms with van der Waals surface area (Å²) < 4.78 is 32.8. The van der Waals surface area contributed by atoms with Gasteiger partial charge in [0.05, 0.1) is 13.7 Å². The van der Waals surface area contributed by atoms with Crippen LogP contribution in [0.15, 0.2) is 66.5 Å². The predicted molar refractivity (Wildman–Crippen MR) is 167 cm³/mol. The highest BCUT2D eigenvalue weighted by Gasteiger charge is 2.18. The second-order valence-electron chi connectivity index (χ2n) is 10.1. The van der Waals surface area contributed by atoms with E-state index < -0.39 is 17.6 Å². The van der Waals surface area contributed by atoms with Crippen LogP contribution in [0, 0.1) is 11.7 Å². The van der Waals surface area contributed by atoms with Crippen LogP contribution in [0.1, 0.15) is 18.4 Å². The first-order valence-electron chi connectivity index (χ1n) is 14.0. The van der Waals surface area contributed by atoms with E-state index in [1.165, 1.54) is 12.1 Å². The smallest absolute Gasteiger partial charge is 0.313 e. The molecule has 224 valence electrons. The molecule has 0 radical (unpaired) electrons. The molecule has 0 unspecified atom stereocenters. The number of carbonyl (C=O) groups excluding carboxylic acids is 2. The molecule has 0 spiro atoms. The van der Waals surface area contributed by atoms with Crippen molar-refractivity contribution in [1.29, 1.82) is 0 Å². The SMILES string of the molecule is COc1cc2c(Oc3ccc(NC(=O)C(=O)NCCc4ccccc4Cl)cc3F)ccpc2cc1OCC1CCNCC1. The minimum absolute atomic E-state index is 0.0310. The van der Waals surface area contributed by atoms with Gasteiger partial charge in [0.2, 0.25) is 0 Å². The zero-order valence-electron chi connectivity index (χ0n) is 23.6. The van der Waals surface area contributed by atoms with Gasteiger partial charge in [-0.25, -0.2) is 4.39 Å². The van der Waals surface area contributed by atoms with Crippen molar-refractivity contribution in [2.24, 2.45) is 5.92 Å². The third kappa shape index (κ3) is 7.93. The van der Waals surface area contributed by atoms with Gasteiger partial charge in [-0.2, -0.15) is 0 Å². The molecule has 11 heteroatoms. The van der Waals surface area contributed by atoms with Crippen LogP contribution in [0.4, 0.5) is 10.1 Å². The molecule has 3 aromatic carbocycles. The molecule has 1 aliphatic rings. The van der Waals surface area contributed by atoms with Crippen LogP contribution in [0.5, 0.6) is 23.0 Å². The van der Waals surface area contributed by atoms with Gasteiger partial charge < -0.3 is 30.2 Å². The first-order valence-corrected chi connectivity index (χ1v) is 15.4. The van der Waals surface area contributed by atoms with E-state index in [1.54, 1.807) is 19.2 Å². The van der Waals surface area contributed by atoms with Gasteiger partial charge >= 0.3 is 11.8 Å². The van der Waals surface area contributed by atoms with Crippen LogP contribution in [-0.4, -0.2) is 45.2 Å². The summed E-state index contributed by atoms with van der Waals surface area (Å²) in [6.07, 6.45) is 2.62. The van der Waals surface area contributed by atoms with Crippen LogP contribution >= 0.6 is 19.8 Å². The van der Waals surface area contributed by atoms with Gasteiger partial charge in [0.1, 0.15) is 5.75 Å². The lowest BCUT2D eigenvalue weighted by atomic mass is 9.99. The van der Waals surface area contributed by atoms with Crippen LogP contribution in [0.3, 0.4) is 0 Å². The third-order valence-electron chi connectivity index (χ3n) is 7.17. The number of piperidine rings is 1. The highest BCUT2D eigenvalue weighted by Crippen LogP contribution is 2.42. The number of fused-ring (bicyclic) bond motifs is 1. The van der Waals surface area contributed by atoms with E-state index in [-0.39, 0.29) is 18.0 Å². The molecule has 3 N–H and O–H groups in total. The van der Waals surface area contributed by atoms with E-state index in [9.17, 15) is 9.59 Å². The molecule has 0 atom stereocenters. The first kappa shape index (κ1) is 30.5. The maximum Gasteiger partial charge on any atom is 0.313 e. The molecule has 2 heterocycles. The molecule has 5 rings (SSSR count). The summed E-state index contributed by atoms with van der Waals surface area (Å²) in [5.41, 5.74) is 0.978. The standard InChI is InChI=1S/C32H32ClFN3O5P/c1-40-28-17-23-26(11-15-43-30(23)18-29(28)41-19-20-8-12-35-13-9-20)42-27-7-6-22(16-25(27)34)37-32(39)31(38)36-14-10-21-4-2-3-5-24(21)33/h2-7,11,15-18,20,35H,8-10,12-14,19H2,1H3,(H,36,38)(H,37,39). The number of hydrogen-bond donors (Lipinski definition) is 3. The summed E-state index contributed by atoms with van der Waals surface area (Å²) in [6.45, 7) is 2.84. The Morgan fingerprint density at radius 2 is 1.81 bits per heavy atom. The van der Waals surface area contributed by atoms with Crippen molar-refractivity contribution in [2.45, 2.75) is 19.3 Å². The third-order valence-corrected chi connectivity index (χ3v) is 8.49. The van der Waals surface area contributed by atoms with Gasteiger partial charge in [0.15, 0.2) is 23.1 Å². The first-order chi connectivity index (χ1) is 20.9. The number of anilines is 1. The van der Waals surface area contributed by atoms with E-state index in [2.05, 4.69) is 16.0 Å². The summed E-state index contributed by atoms with van der Waals surface area (Å²) in [5, 5.41) is 10.6. The molecule has 0 aliphatic carbocycles. The topological polar surface area (TPSA) is 97.9 Å². The molecule has 4 aromatic rings.